The van der Waals surface area contributed by atoms with Crippen molar-refractivity contribution < 1.29 is 14.4 Å². The van der Waals surface area contributed by atoms with Crippen LogP contribution in [0.4, 0.5) is 5.69 Å². The first kappa shape index (κ1) is 21.9. The van der Waals surface area contributed by atoms with E-state index in [9.17, 15) is 14.4 Å². The third-order valence-electron chi connectivity index (χ3n) is 6.70. The summed E-state index contributed by atoms with van der Waals surface area (Å²) in [6.45, 7) is 1.89. The van der Waals surface area contributed by atoms with Gasteiger partial charge >= 0.3 is 0 Å². The van der Waals surface area contributed by atoms with Crippen LogP contribution in [0.25, 0.3) is 0 Å². The van der Waals surface area contributed by atoms with Crippen molar-refractivity contribution in [3.8, 4) is 0 Å². The molecule has 166 valence electrons. The van der Waals surface area contributed by atoms with E-state index in [4.69, 9.17) is 11.6 Å². The van der Waals surface area contributed by atoms with Gasteiger partial charge in [0.25, 0.3) is 17.7 Å². The van der Waals surface area contributed by atoms with E-state index in [1.54, 1.807) is 12.1 Å². The maximum absolute atomic E-state index is 13.0. The van der Waals surface area contributed by atoms with Crippen molar-refractivity contribution in [3.63, 3.8) is 0 Å². The standard InChI is InChI=1S/C24H30ClN3O3/c1-15-12-13-16(22(29)26-17-8-4-2-5-9-17)14-19(15)27-21-20(25)23(30)28(24(21)31)18-10-6-3-7-11-18/h12-14,17-18,27H,2-11H2,1H3,(H,26,29). The smallest absolute Gasteiger partial charge is 0.279 e. The molecule has 0 unspecified atom stereocenters. The van der Waals surface area contributed by atoms with Gasteiger partial charge in [0.2, 0.25) is 0 Å². The summed E-state index contributed by atoms with van der Waals surface area (Å²) in [5, 5.41) is 6.10. The molecule has 1 aromatic carbocycles. The highest BCUT2D eigenvalue weighted by Crippen LogP contribution is 2.33. The highest BCUT2D eigenvalue weighted by atomic mass is 35.5. The van der Waals surface area contributed by atoms with Crippen LogP contribution in [0.3, 0.4) is 0 Å². The lowest BCUT2D eigenvalue weighted by atomic mass is 9.94. The molecule has 0 aromatic heterocycles. The molecule has 3 aliphatic rings. The molecule has 1 heterocycles. The molecule has 2 fully saturated rings. The van der Waals surface area contributed by atoms with E-state index in [-0.39, 0.29) is 34.6 Å². The lowest BCUT2D eigenvalue weighted by Crippen LogP contribution is -2.42. The predicted octanol–water partition coefficient (Wildman–Crippen LogP) is 4.62. The summed E-state index contributed by atoms with van der Waals surface area (Å²) in [5.41, 5.74) is 2.10. The zero-order valence-corrected chi connectivity index (χ0v) is 18.8. The number of amides is 3. The molecule has 0 radical (unpaired) electrons. The van der Waals surface area contributed by atoms with Crippen LogP contribution in [0, 0.1) is 6.92 Å². The van der Waals surface area contributed by atoms with Gasteiger partial charge in [-0.25, -0.2) is 0 Å². The molecule has 4 rings (SSSR count). The number of nitrogens with zero attached hydrogens (tertiary/aromatic N) is 1. The number of halogens is 1. The van der Waals surface area contributed by atoms with Crippen LogP contribution < -0.4 is 10.6 Å². The fourth-order valence-corrected chi connectivity index (χ4v) is 5.07. The van der Waals surface area contributed by atoms with E-state index in [2.05, 4.69) is 10.6 Å². The SMILES string of the molecule is Cc1ccc(C(=O)NC2CCCCC2)cc1NC1=C(Cl)C(=O)N(C2CCCCC2)C1=O. The van der Waals surface area contributed by atoms with Gasteiger partial charge in [-0.05, 0) is 50.3 Å². The summed E-state index contributed by atoms with van der Waals surface area (Å²) in [5.74, 6) is -0.920. The van der Waals surface area contributed by atoms with Gasteiger partial charge in [0, 0.05) is 23.3 Å². The Bertz CT molecular complexity index is 915. The van der Waals surface area contributed by atoms with Gasteiger partial charge in [-0.3, -0.25) is 19.3 Å². The van der Waals surface area contributed by atoms with Crippen molar-refractivity contribution in [3.05, 3.63) is 40.1 Å². The second-order valence-electron chi connectivity index (χ2n) is 8.92. The summed E-state index contributed by atoms with van der Waals surface area (Å²) < 4.78 is 0. The number of carbonyl (C=O) groups is 3. The normalized spacial score (nSPS) is 21.0. The van der Waals surface area contributed by atoms with Crippen molar-refractivity contribution in [1.82, 2.24) is 10.2 Å². The van der Waals surface area contributed by atoms with Crippen molar-refractivity contribution >= 4 is 35.0 Å². The summed E-state index contributed by atoms with van der Waals surface area (Å²) >= 11 is 6.30. The Morgan fingerprint density at radius 2 is 1.61 bits per heavy atom. The van der Waals surface area contributed by atoms with E-state index in [0.29, 0.717) is 11.3 Å². The Balaban J connectivity index is 1.50. The lowest BCUT2D eigenvalue weighted by Gasteiger charge is -2.29. The van der Waals surface area contributed by atoms with Gasteiger partial charge in [0.15, 0.2) is 0 Å². The van der Waals surface area contributed by atoms with Crippen LogP contribution in [-0.2, 0) is 9.59 Å². The molecule has 2 saturated carbocycles. The van der Waals surface area contributed by atoms with Gasteiger partial charge in [0.1, 0.15) is 10.7 Å². The van der Waals surface area contributed by atoms with Crippen molar-refractivity contribution in [1.29, 1.82) is 0 Å². The van der Waals surface area contributed by atoms with Gasteiger partial charge in [-0.15, -0.1) is 0 Å². The number of aryl methyl sites for hydroxylation is 1. The van der Waals surface area contributed by atoms with E-state index >= 15 is 0 Å². The molecule has 0 atom stereocenters. The maximum Gasteiger partial charge on any atom is 0.279 e. The topological polar surface area (TPSA) is 78.5 Å². The maximum atomic E-state index is 13.0. The number of hydrogen-bond acceptors (Lipinski definition) is 4. The lowest BCUT2D eigenvalue weighted by molar-refractivity contribution is -0.140. The fourth-order valence-electron chi connectivity index (χ4n) is 4.85. The predicted molar refractivity (Wildman–Crippen MR) is 121 cm³/mol. The molecule has 7 heteroatoms. The molecular weight excluding hydrogens is 414 g/mol. The number of hydrogen-bond donors (Lipinski definition) is 2. The molecule has 2 aliphatic carbocycles. The second kappa shape index (κ2) is 9.43. The van der Waals surface area contributed by atoms with Gasteiger partial charge < -0.3 is 10.6 Å². The second-order valence-corrected chi connectivity index (χ2v) is 9.30. The van der Waals surface area contributed by atoms with Gasteiger partial charge in [0.05, 0.1) is 0 Å². The van der Waals surface area contributed by atoms with Crippen LogP contribution >= 0.6 is 11.6 Å². The Kier molecular flexibility index (Phi) is 6.65. The van der Waals surface area contributed by atoms with Gasteiger partial charge in [-0.2, -0.15) is 0 Å². The van der Waals surface area contributed by atoms with Gasteiger partial charge in [-0.1, -0.05) is 56.2 Å². The number of nitrogens with one attached hydrogen (secondary N) is 2. The number of rotatable bonds is 5. The molecule has 1 aliphatic heterocycles. The zero-order valence-electron chi connectivity index (χ0n) is 18.0. The highest BCUT2D eigenvalue weighted by Gasteiger charge is 2.42. The van der Waals surface area contributed by atoms with Crippen molar-refractivity contribution in [2.45, 2.75) is 83.2 Å². The number of benzene rings is 1. The average Bonchev–Trinajstić information content (AvgIpc) is 2.99. The summed E-state index contributed by atoms with van der Waals surface area (Å²) in [6.07, 6.45) is 10.4. The number of carbonyl (C=O) groups excluding carboxylic acids is 3. The Labute approximate surface area is 188 Å². The van der Waals surface area contributed by atoms with Crippen LogP contribution in [-0.4, -0.2) is 34.7 Å². The van der Waals surface area contributed by atoms with Crippen molar-refractivity contribution in [2.75, 3.05) is 5.32 Å². The zero-order chi connectivity index (χ0) is 22.0. The summed E-state index contributed by atoms with van der Waals surface area (Å²) in [4.78, 5) is 39.8. The van der Waals surface area contributed by atoms with Crippen LogP contribution in [0.2, 0.25) is 0 Å². The molecule has 31 heavy (non-hydrogen) atoms. The van der Waals surface area contributed by atoms with E-state index < -0.39 is 5.91 Å². The first-order valence-electron chi connectivity index (χ1n) is 11.4. The van der Waals surface area contributed by atoms with E-state index in [1.165, 1.54) is 11.3 Å². The fraction of sp³-hybridized carbons (Fsp3) is 0.542. The Morgan fingerprint density at radius 1 is 0.968 bits per heavy atom. The third kappa shape index (κ3) is 4.64. The minimum Gasteiger partial charge on any atom is -0.349 e. The van der Waals surface area contributed by atoms with E-state index in [1.807, 2.05) is 13.0 Å². The molecule has 0 spiro atoms. The minimum atomic E-state index is -0.426. The largest absolute Gasteiger partial charge is 0.349 e. The quantitative estimate of drug-likeness (QED) is 0.651. The molecular formula is C24H30ClN3O3. The summed E-state index contributed by atoms with van der Waals surface area (Å²) in [6, 6.07) is 5.48. The monoisotopic (exact) mass is 443 g/mol. The molecule has 0 saturated heterocycles. The van der Waals surface area contributed by atoms with Crippen LogP contribution in [0.1, 0.15) is 80.1 Å². The summed E-state index contributed by atoms with van der Waals surface area (Å²) in [7, 11) is 0. The molecule has 1 aromatic rings. The molecule has 0 bridgehead atoms. The first-order valence-corrected chi connectivity index (χ1v) is 11.8. The molecule has 6 nitrogen and oxygen atoms in total. The van der Waals surface area contributed by atoms with Crippen LogP contribution in [0.5, 0.6) is 0 Å². The number of imide groups is 1. The third-order valence-corrected chi connectivity index (χ3v) is 7.05. The Morgan fingerprint density at radius 3 is 2.29 bits per heavy atom. The first-order chi connectivity index (χ1) is 15.0. The molecule has 2 N–H and O–H groups in total. The highest BCUT2D eigenvalue weighted by molar-refractivity contribution is 6.48. The minimum absolute atomic E-state index is 0.0768. The van der Waals surface area contributed by atoms with Crippen LogP contribution in [0.15, 0.2) is 28.9 Å². The number of anilines is 1. The van der Waals surface area contributed by atoms with Crippen molar-refractivity contribution in [2.24, 2.45) is 0 Å². The average molecular weight is 444 g/mol. The molecule has 3 amide bonds. The van der Waals surface area contributed by atoms with E-state index in [0.717, 1.165) is 63.4 Å². The Hall–Kier alpha value is -2.34.